The van der Waals surface area contributed by atoms with Crippen molar-refractivity contribution in [2.24, 2.45) is 0 Å². The van der Waals surface area contributed by atoms with E-state index in [1.165, 1.54) is 11.6 Å². The Morgan fingerprint density at radius 3 is 2.57 bits per heavy atom. The molecule has 0 spiro atoms. The van der Waals surface area contributed by atoms with Crippen molar-refractivity contribution < 1.29 is 17.4 Å². The van der Waals surface area contributed by atoms with Gasteiger partial charge in [-0.25, -0.2) is 0 Å². The van der Waals surface area contributed by atoms with Crippen LogP contribution in [0.3, 0.4) is 0 Å². The first-order valence-electron chi connectivity index (χ1n) is 11.8. The van der Waals surface area contributed by atoms with Gasteiger partial charge in [-0.3, -0.25) is 9.96 Å². The number of rotatable bonds is 3. The minimum absolute atomic E-state index is 0.00410. The molecule has 6 nitrogen and oxygen atoms in total. The van der Waals surface area contributed by atoms with E-state index in [4.69, 9.17) is 9.83 Å². The van der Waals surface area contributed by atoms with Gasteiger partial charge in [0.15, 0.2) is 10.7 Å². The Hall–Kier alpha value is -3.16. The first kappa shape index (κ1) is 23.6. The van der Waals surface area contributed by atoms with E-state index in [2.05, 4.69) is 51.2 Å². The van der Waals surface area contributed by atoms with Gasteiger partial charge in [0.1, 0.15) is 5.58 Å². The Labute approximate surface area is 205 Å². The van der Waals surface area contributed by atoms with Gasteiger partial charge in [0.2, 0.25) is 0 Å². The lowest BCUT2D eigenvalue weighted by Gasteiger charge is -2.35. The van der Waals surface area contributed by atoms with E-state index >= 15 is 0 Å². The van der Waals surface area contributed by atoms with Crippen LogP contribution in [0.5, 0.6) is 0 Å². The molecule has 1 aliphatic carbocycles. The van der Waals surface area contributed by atoms with Crippen LogP contribution in [0.1, 0.15) is 56.7 Å². The largest absolute Gasteiger partial charge is 0.454 e. The van der Waals surface area contributed by atoms with E-state index in [9.17, 15) is 13.0 Å². The topological polar surface area (TPSA) is 103 Å². The molecule has 0 bridgehead atoms. The van der Waals surface area contributed by atoms with Crippen molar-refractivity contribution in [3.8, 4) is 22.5 Å². The van der Waals surface area contributed by atoms with Crippen molar-refractivity contribution in [1.29, 1.82) is 5.41 Å². The van der Waals surface area contributed by atoms with Crippen LogP contribution < -0.4 is 10.7 Å². The van der Waals surface area contributed by atoms with Gasteiger partial charge in [0.25, 0.3) is 10.1 Å². The molecule has 3 aliphatic rings. The molecule has 5 rings (SSSR count). The third kappa shape index (κ3) is 3.93. The van der Waals surface area contributed by atoms with Gasteiger partial charge in [-0.1, -0.05) is 38.1 Å². The molecule has 0 saturated heterocycles. The second-order valence-electron chi connectivity index (χ2n) is 10.5. The molecule has 0 aromatic heterocycles. The fourth-order valence-electron chi connectivity index (χ4n) is 5.13. The quantitative estimate of drug-likeness (QED) is 0.225. The van der Waals surface area contributed by atoms with Crippen LogP contribution in [0.4, 0.5) is 5.69 Å². The molecule has 0 radical (unpaired) electrons. The van der Waals surface area contributed by atoms with Gasteiger partial charge in [-0.05, 0) is 74.4 Å². The second-order valence-corrected chi connectivity index (χ2v) is 11.8. The SMILES string of the molecule is Cc1c2c(cc3c(-c4cccc(C(C)C)c4)c4ccc(=N)c(S(=O)(=O)O)c-4oc13)CCC(C)(C)N2. The summed E-state index contributed by atoms with van der Waals surface area (Å²) >= 11 is 0. The van der Waals surface area contributed by atoms with Crippen molar-refractivity contribution in [2.75, 3.05) is 5.32 Å². The maximum absolute atomic E-state index is 12.4. The van der Waals surface area contributed by atoms with E-state index in [-0.39, 0.29) is 16.7 Å². The molecule has 7 heteroatoms. The molecule has 0 unspecified atom stereocenters. The zero-order valence-corrected chi connectivity index (χ0v) is 21.4. The van der Waals surface area contributed by atoms with Crippen LogP contribution in [-0.2, 0) is 16.5 Å². The van der Waals surface area contributed by atoms with E-state index in [0.717, 1.165) is 46.2 Å². The van der Waals surface area contributed by atoms with Gasteiger partial charge >= 0.3 is 0 Å². The molecule has 0 amide bonds. The molecule has 0 saturated carbocycles. The maximum atomic E-state index is 12.4. The van der Waals surface area contributed by atoms with Crippen LogP contribution in [0.25, 0.3) is 33.4 Å². The number of nitrogens with one attached hydrogen (secondary N) is 2. The Bertz CT molecular complexity index is 1630. The third-order valence-corrected chi connectivity index (χ3v) is 7.96. The average molecular weight is 491 g/mol. The Balaban J connectivity index is 1.98. The standard InChI is InChI=1S/C28H30N2O4S/c1-15(2)17-7-6-8-18(13-17)23-20-9-10-22(29)27(35(31,32)33)26(20)34-25-16(3)24-19(14-21(23)25)11-12-28(4,5)30-24/h6-10,13-15,29-30H,11-12H2,1-5H3,(H,31,32,33). The molecule has 2 aromatic rings. The molecule has 3 N–H and O–H groups in total. The first-order valence-corrected chi connectivity index (χ1v) is 13.3. The zero-order chi connectivity index (χ0) is 25.3. The molecule has 2 aromatic carbocycles. The molecule has 0 fully saturated rings. The van der Waals surface area contributed by atoms with Gasteiger partial charge in [-0.2, -0.15) is 8.42 Å². The lowest BCUT2D eigenvalue weighted by atomic mass is 9.85. The Morgan fingerprint density at radius 2 is 1.89 bits per heavy atom. The van der Waals surface area contributed by atoms with Crippen LogP contribution >= 0.6 is 0 Å². The number of benzene rings is 3. The number of fused-ring (bicyclic) bond motifs is 3. The summed E-state index contributed by atoms with van der Waals surface area (Å²) in [6.07, 6.45) is 1.90. The summed E-state index contributed by atoms with van der Waals surface area (Å²) in [7, 11) is -4.69. The van der Waals surface area contributed by atoms with Gasteiger partial charge in [0.05, 0.1) is 5.36 Å². The van der Waals surface area contributed by atoms with Crippen molar-refractivity contribution >= 4 is 26.8 Å². The lowest BCUT2D eigenvalue weighted by molar-refractivity contribution is 0.477. The zero-order valence-electron chi connectivity index (χ0n) is 20.6. The van der Waals surface area contributed by atoms with Gasteiger partial charge < -0.3 is 9.73 Å². The molecular formula is C28H30N2O4S. The number of hydrogen-bond donors (Lipinski definition) is 3. The summed E-state index contributed by atoms with van der Waals surface area (Å²) in [5.74, 6) is 0.311. The molecule has 182 valence electrons. The lowest BCUT2D eigenvalue weighted by Crippen LogP contribution is -2.35. The molecule has 2 heterocycles. The van der Waals surface area contributed by atoms with Gasteiger partial charge in [-0.15, -0.1) is 0 Å². The normalized spacial score (nSPS) is 15.4. The van der Waals surface area contributed by atoms with Crippen LogP contribution in [0, 0.1) is 12.3 Å². The monoisotopic (exact) mass is 490 g/mol. The number of anilines is 1. The predicted octanol–water partition coefficient (Wildman–Crippen LogP) is 6.50. The van der Waals surface area contributed by atoms with E-state index in [0.29, 0.717) is 17.1 Å². The minimum atomic E-state index is -4.69. The highest BCUT2D eigenvalue weighted by Crippen LogP contribution is 2.46. The first-order chi connectivity index (χ1) is 16.4. The summed E-state index contributed by atoms with van der Waals surface area (Å²) in [4.78, 5) is -0.511. The predicted molar refractivity (Wildman–Crippen MR) is 139 cm³/mol. The van der Waals surface area contributed by atoms with Gasteiger partial charge in [0, 0.05) is 33.3 Å². The average Bonchev–Trinajstić information content (AvgIpc) is 2.77. The summed E-state index contributed by atoms with van der Waals surface area (Å²) < 4.78 is 41.0. The fourth-order valence-corrected chi connectivity index (χ4v) is 5.87. The molecule has 2 aliphatic heterocycles. The third-order valence-electron chi connectivity index (χ3n) is 7.04. The fraction of sp³-hybridized carbons (Fsp3) is 0.321. The highest BCUT2D eigenvalue weighted by Gasteiger charge is 2.31. The summed E-state index contributed by atoms with van der Waals surface area (Å²) in [5, 5.41) is 12.4. The highest BCUT2D eigenvalue weighted by atomic mass is 32.2. The number of hydrogen-bond acceptors (Lipinski definition) is 5. The summed E-state index contributed by atoms with van der Waals surface area (Å²) in [6, 6.07) is 13.5. The second kappa shape index (κ2) is 7.93. The van der Waals surface area contributed by atoms with Crippen LogP contribution in [0.15, 0.2) is 51.8 Å². The van der Waals surface area contributed by atoms with Crippen LogP contribution in [-0.4, -0.2) is 18.5 Å². The maximum Gasteiger partial charge on any atom is 0.300 e. The van der Waals surface area contributed by atoms with E-state index in [1.54, 1.807) is 6.07 Å². The summed E-state index contributed by atoms with van der Waals surface area (Å²) in [5.41, 5.74) is 7.01. The van der Waals surface area contributed by atoms with Crippen molar-refractivity contribution in [3.63, 3.8) is 0 Å². The van der Waals surface area contributed by atoms with E-state index < -0.39 is 15.0 Å². The number of aryl methyl sites for hydroxylation is 2. The molecular weight excluding hydrogens is 460 g/mol. The molecule has 35 heavy (non-hydrogen) atoms. The molecule has 0 atom stereocenters. The minimum Gasteiger partial charge on any atom is -0.454 e. The van der Waals surface area contributed by atoms with Crippen molar-refractivity contribution in [3.05, 3.63) is 64.5 Å². The van der Waals surface area contributed by atoms with E-state index in [1.807, 2.05) is 19.1 Å². The van der Waals surface area contributed by atoms with Crippen molar-refractivity contribution in [2.45, 2.75) is 63.8 Å². The van der Waals surface area contributed by atoms with Crippen LogP contribution in [0.2, 0.25) is 0 Å². The van der Waals surface area contributed by atoms with Crippen molar-refractivity contribution in [1.82, 2.24) is 0 Å². The Morgan fingerprint density at radius 1 is 1.14 bits per heavy atom. The summed E-state index contributed by atoms with van der Waals surface area (Å²) in [6.45, 7) is 10.5. The highest BCUT2D eigenvalue weighted by molar-refractivity contribution is 7.86. The smallest absolute Gasteiger partial charge is 0.300 e. The Kier molecular flexibility index (Phi) is 5.34.